The first-order valence-electron chi connectivity index (χ1n) is 9.32. The van der Waals surface area contributed by atoms with Crippen LogP contribution >= 0.6 is 0 Å². The highest BCUT2D eigenvalue weighted by Crippen LogP contribution is 2.16. The molecule has 3 heterocycles. The minimum atomic E-state index is -0.331. The minimum Gasteiger partial charge on any atom is -0.361 e. The van der Waals surface area contributed by atoms with E-state index in [4.69, 9.17) is 4.52 Å². The molecule has 0 bridgehead atoms. The maximum Gasteiger partial charge on any atom is 0.272 e. The van der Waals surface area contributed by atoms with E-state index in [1.54, 1.807) is 0 Å². The molecule has 0 aliphatic carbocycles. The zero-order chi connectivity index (χ0) is 20.5. The highest BCUT2D eigenvalue weighted by atomic mass is 16.5. The molecule has 0 aliphatic rings. The summed E-state index contributed by atoms with van der Waals surface area (Å²) in [7, 11) is 0. The van der Waals surface area contributed by atoms with Crippen LogP contribution in [0, 0.1) is 20.8 Å². The standard InChI is InChI=1S/C21H21N5O3/c1-12-4-6-15(7-5-12)24-21(28)18-11-22-26-19(27)10-16(23-20(18)26)8-9-17-13(2)25-29-14(17)3/h4-7,10-11,22H,8-9H2,1-3H3,(H,24,28). The van der Waals surface area contributed by atoms with Crippen molar-refractivity contribution >= 4 is 17.2 Å². The molecule has 2 N–H and O–H groups in total. The van der Waals surface area contributed by atoms with Gasteiger partial charge in [-0.2, -0.15) is 0 Å². The lowest BCUT2D eigenvalue weighted by molar-refractivity contribution is 0.102. The van der Waals surface area contributed by atoms with Crippen LogP contribution in [-0.4, -0.2) is 25.7 Å². The molecule has 0 atom stereocenters. The predicted molar refractivity (Wildman–Crippen MR) is 108 cm³/mol. The molecule has 0 saturated carbocycles. The molecular formula is C21H21N5O3. The fraction of sp³-hybridized carbons (Fsp3) is 0.238. The first kappa shape index (κ1) is 18.7. The van der Waals surface area contributed by atoms with Gasteiger partial charge in [-0.15, -0.1) is 0 Å². The first-order valence-corrected chi connectivity index (χ1v) is 9.32. The van der Waals surface area contributed by atoms with E-state index in [0.29, 0.717) is 35.4 Å². The van der Waals surface area contributed by atoms with Gasteiger partial charge in [0.15, 0.2) is 5.65 Å². The van der Waals surface area contributed by atoms with Gasteiger partial charge in [0.25, 0.3) is 11.5 Å². The van der Waals surface area contributed by atoms with Crippen molar-refractivity contribution in [2.45, 2.75) is 33.6 Å². The molecule has 148 valence electrons. The van der Waals surface area contributed by atoms with Gasteiger partial charge in [0.05, 0.1) is 5.69 Å². The van der Waals surface area contributed by atoms with E-state index < -0.39 is 0 Å². The lowest BCUT2D eigenvalue weighted by atomic mass is 10.1. The number of nitrogens with zero attached hydrogens (tertiary/aromatic N) is 3. The number of benzene rings is 1. The van der Waals surface area contributed by atoms with Gasteiger partial charge in [-0.3, -0.25) is 14.7 Å². The molecule has 1 aromatic carbocycles. The smallest absolute Gasteiger partial charge is 0.272 e. The number of rotatable bonds is 5. The second-order valence-electron chi connectivity index (χ2n) is 7.05. The summed E-state index contributed by atoms with van der Waals surface area (Å²) in [6, 6.07) is 8.97. The van der Waals surface area contributed by atoms with Crippen molar-refractivity contribution in [3.63, 3.8) is 0 Å². The molecule has 1 amide bonds. The van der Waals surface area contributed by atoms with Gasteiger partial charge in [-0.25, -0.2) is 9.50 Å². The number of carbonyl (C=O) groups is 1. The minimum absolute atomic E-state index is 0.266. The molecule has 0 fully saturated rings. The number of H-pyrrole nitrogens is 1. The highest BCUT2D eigenvalue weighted by molar-refractivity contribution is 6.08. The van der Waals surface area contributed by atoms with E-state index in [1.807, 2.05) is 45.0 Å². The van der Waals surface area contributed by atoms with Gasteiger partial charge < -0.3 is 9.84 Å². The van der Waals surface area contributed by atoms with Crippen molar-refractivity contribution in [1.29, 1.82) is 0 Å². The summed E-state index contributed by atoms with van der Waals surface area (Å²) in [4.78, 5) is 29.7. The second kappa shape index (κ2) is 7.38. The van der Waals surface area contributed by atoms with Gasteiger partial charge in [0, 0.05) is 29.2 Å². The van der Waals surface area contributed by atoms with Crippen LogP contribution in [0.25, 0.3) is 5.65 Å². The quantitative estimate of drug-likeness (QED) is 0.544. The van der Waals surface area contributed by atoms with E-state index in [0.717, 1.165) is 22.6 Å². The molecule has 0 unspecified atom stereocenters. The van der Waals surface area contributed by atoms with E-state index in [1.165, 1.54) is 16.8 Å². The van der Waals surface area contributed by atoms with Crippen LogP contribution in [0.3, 0.4) is 0 Å². The number of aryl methyl sites for hydroxylation is 4. The number of nitrogens with one attached hydrogen (secondary N) is 2. The molecule has 8 nitrogen and oxygen atoms in total. The second-order valence-corrected chi connectivity index (χ2v) is 7.05. The van der Waals surface area contributed by atoms with Crippen molar-refractivity contribution in [3.05, 3.63) is 80.7 Å². The zero-order valence-corrected chi connectivity index (χ0v) is 16.4. The lowest BCUT2D eigenvalue weighted by Gasteiger charge is -2.05. The Morgan fingerprint density at radius 3 is 2.62 bits per heavy atom. The van der Waals surface area contributed by atoms with Gasteiger partial charge in [-0.05, 0) is 45.7 Å². The first-order chi connectivity index (χ1) is 13.9. The molecule has 8 heteroatoms. The fourth-order valence-corrected chi connectivity index (χ4v) is 3.27. The Bertz CT molecular complexity index is 1230. The summed E-state index contributed by atoms with van der Waals surface area (Å²) in [5, 5.41) is 9.59. The molecule has 0 radical (unpaired) electrons. The van der Waals surface area contributed by atoms with Crippen LogP contribution in [0.15, 0.2) is 45.8 Å². The number of carbonyl (C=O) groups excluding carboxylic acids is 1. The Kier molecular flexibility index (Phi) is 4.75. The van der Waals surface area contributed by atoms with Crippen LogP contribution < -0.4 is 10.9 Å². The van der Waals surface area contributed by atoms with E-state index >= 15 is 0 Å². The third-order valence-corrected chi connectivity index (χ3v) is 4.92. The van der Waals surface area contributed by atoms with E-state index in [2.05, 4.69) is 20.6 Å². The van der Waals surface area contributed by atoms with Gasteiger partial charge in [0.2, 0.25) is 0 Å². The molecule has 4 aromatic rings. The number of hydrogen-bond donors (Lipinski definition) is 2. The summed E-state index contributed by atoms with van der Waals surface area (Å²) < 4.78 is 6.45. The van der Waals surface area contributed by atoms with Crippen LogP contribution in [0.5, 0.6) is 0 Å². The number of amides is 1. The van der Waals surface area contributed by atoms with Crippen LogP contribution in [0.2, 0.25) is 0 Å². The number of aromatic nitrogens is 4. The summed E-state index contributed by atoms with van der Waals surface area (Å²) >= 11 is 0. The molecular weight excluding hydrogens is 370 g/mol. The number of anilines is 1. The Hall–Kier alpha value is -3.68. The molecule has 4 rings (SSSR count). The third kappa shape index (κ3) is 3.69. The SMILES string of the molecule is Cc1ccc(NC(=O)c2c[nH]n3c(=O)cc(CCc4c(C)noc4C)nc23)cc1. The fourth-order valence-electron chi connectivity index (χ4n) is 3.27. The van der Waals surface area contributed by atoms with Crippen molar-refractivity contribution in [3.8, 4) is 0 Å². The maximum atomic E-state index is 12.7. The van der Waals surface area contributed by atoms with Gasteiger partial charge in [-0.1, -0.05) is 22.9 Å². The average Bonchev–Trinajstić information content (AvgIpc) is 3.26. The zero-order valence-electron chi connectivity index (χ0n) is 16.4. The predicted octanol–water partition coefficient (Wildman–Crippen LogP) is 2.97. The van der Waals surface area contributed by atoms with Crippen molar-refractivity contribution < 1.29 is 9.32 Å². The van der Waals surface area contributed by atoms with Crippen LogP contribution in [0.4, 0.5) is 5.69 Å². The third-order valence-electron chi connectivity index (χ3n) is 4.92. The molecule has 0 aliphatic heterocycles. The Balaban J connectivity index is 1.61. The van der Waals surface area contributed by atoms with E-state index in [-0.39, 0.29) is 11.5 Å². The van der Waals surface area contributed by atoms with Gasteiger partial charge >= 0.3 is 0 Å². The number of fused-ring (bicyclic) bond motifs is 1. The number of aromatic amines is 1. The normalized spacial score (nSPS) is 11.1. The van der Waals surface area contributed by atoms with Crippen molar-refractivity contribution in [2.24, 2.45) is 0 Å². The number of hydrogen-bond acceptors (Lipinski definition) is 5. The van der Waals surface area contributed by atoms with Crippen LogP contribution in [0.1, 0.15) is 38.6 Å². The Morgan fingerprint density at radius 2 is 1.93 bits per heavy atom. The lowest BCUT2D eigenvalue weighted by Crippen LogP contribution is -2.18. The average molecular weight is 391 g/mol. The summed E-state index contributed by atoms with van der Waals surface area (Å²) in [6.07, 6.45) is 2.68. The largest absolute Gasteiger partial charge is 0.361 e. The maximum absolute atomic E-state index is 12.7. The Morgan fingerprint density at radius 1 is 1.17 bits per heavy atom. The molecule has 3 aromatic heterocycles. The summed E-state index contributed by atoms with van der Waals surface area (Å²) in [5.74, 6) is 0.433. The van der Waals surface area contributed by atoms with Crippen molar-refractivity contribution in [2.75, 3.05) is 5.32 Å². The summed E-state index contributed by atoms with van der Waals surface area (Å²) in [6.45, 7) is 5.73. The van der Waals surface area contributed by atoms with E-state index in [9.17, 15) is 9.59 Å². The van der Waals surface area contributed by atoms with Gasteiger partial charge in [0.1, 0.15) is 11.3 Å². The molecule has 0 saturated heterocycles. The van der Waals surface area contributed by atoms with Crippen molar-refractivity contribution in [1.82, 2.24) is 19.8 Å². The van der Waals surface area contributed by atoms with Crippen LogP contribution in [-0.2, 0) is 12.8 Å². The highest BCUT2D eigenvalue weighted by Gasteiger charge is 2.17. The molecule has 0 spiro atoms. The Labute approximate surface area is 166 Å². The molecule has 29 heavy (non-hydrogen) atoms. The monoisotopic (exact) mass is 391 g/mol. The summed E-state index contributed by atoms with van der Waals surface area (Å²) in [5.41, 5.74) is 4.58. The topological polar surface area (TPSA) is 105 Å².